The Labute approximate surface area is 72.6 Å². The van der Waals surface area contributed by atoms with Crippen molar-refractivity contribution in [2.24, 2.45) is 0 Å². The van der Waals surface area contributed by atoms with Gasteiger partial charge in [0.05, 0.1) is 0 Å². The molecule has 0 saturated heterocycles. The smallest absolute Gasteiger partial charge is 0.0417 e. The molecule has 0 N–H and O–H groups in total. The van der Waals surface area contributed by atoms with Gasteiger partial charge in [0, 0.05) is 9.92 Å². The Hall–Kier alpha value is -0.140. The van der Waals surface area contributed by atoms with Crippen LogP contribution in [-0.2, 0) is 0 Å². The molecule has 0 fully saturated rings. The highest BCUT2D eigenvalue weighted by Crippen LogP contribution is 2.12. The molecule has 0 unspecified atom stereocenters. The summed E-state index contributed by atoms with van der Waals surface area (Å²) in [5.74, 6) is 0. The van der Waals surface area contributed by atoms with Crippen molar-refractivity contribution in [2.75, 3.05) is 0 Å². The van der Waals surface area contributed by atoms with Crippen LogP contribution in [0, 0.1) is 0 Å². The van der Waals surface area contributed by atoms with Gasteiger partial charge >= 0.3 is 0 Å². The molecule has 0 bridgehead atoms. The molecule has 0 nitrogen and oxygen atoms in total. The largest absolute Gasteiger partial charge is 0.143 e. The van der Waals surface area contributed by atoms with E-state index in [0.717, 1.165) is 9.92 Å². The van der Waals surface area contributed by atoms with Crippen LogP contribution in [0.25, 0.3) is 0 Å². The van der Waals surface area contributed by atoms with Crippen LogP contribution in [-0.4, -0.2) is 0 Å². The quantitative estimate of drug-likeness (QED) is 0.571. The molecule has 0 aliphatic carbocycles. The highest BCUT2D eigenvalue weighted by atomic mass is 35.5. The Morgan fingerprint density at radius 1 is 1.30 bits per heavy atom. The minimum atomic E-state index is 0.734. The fourth-order valence-electron chi connectivity index (χ4n) is 0.476. The number of hydrogen-bond acceptors (Lipinski definition) is 1. The highest BCUT2D eigenvalue weighted by molar-refractivity contribution is 7.80. The second kappa shape index (κ2) is 5.63. The maximum absolute atomic E-state index is 5.60. The predicted octanol–water partition coefficient (Wildman–Crippen LogP) is 3.65. The van der Waals surface area contributed by atoms with E-state index >= 15 is 0 Å². The average Bonchev–Trinajstić information content (AvgIpc) is 1.91. The van der Waals surface area contributed by atoms with Gasteiger partial charge in [-0.15, -0.1) is 12.6 Å². The number of benzene rings is 1. The summed E-state index contributed by atoms with van der Waals surface area (Å²) >= 11 is 9.67. The first-order valence-corrected chi connectivity index (χ1v) is 4.06. The van der Waals surface area contributed by atoms with Crippen LogP contribution < -0.4 is 0 Å². The first-order valence-electron chi connectivity index (χ1n) is 3.23. The maximum atomic E-state index is 5.60. The Balaban J connectivity index is 0.000000371. The van der Waals surface area contributed by atoms with Crippen molar-refractivity contribution in [3.63, 3.8) is 0 Å². The van der Waals surface area contributed by atoms with Crippen molar-refractivity contribution in [3.05, 3.63) is 29.3 Å². The number of halogens is 1. The second-order valence-corrected chi connectivity index (χ2v) is 2.43. The Kier molecular flexibility index (Phi) is 5.55. The topological polar surface area (TPSA) is 0 Å². The van der Waals surface area contributed by atoms with Crippen LogP contribution in [0.4, 0.5) is 0 Å². The molecule has 2 heteroatoms. The highest BCUT2D eigenvalue weighted by Gasteiger charge is 1.83. The van der Waals surface area contributed by atoms with Gasteiger partial charge in [0.2, 0.25) is 0 Å². The third kappa shape index (κ3) is 3.80. The van der Waals surface area contributed by atoms with Gasteiger partial charge < -0.3 is 0 Å². The van der Waals surface area contributed by atoms with Crippen LogP contribution in [0.15, 0.2) is 29.2 Å². The van der Waals surface area contributed by atoms with Crippen molar-refractivity contribution < 1.29 is 0 Å². The fourth-order valence-corrected chi connectivity index (χ4v) is 0.968. The summed E-state index contributed by atoms with van der Waals surface area (Å²) < 4.78 is 0. The number of rotatable bonds is 0. The van der Waals surface area contributed by atoms with Crippen LogP contribution in [0.5, 0.6) is 0 Å². The van der Waals surface area contributed by atoms with Gasteiger partial charge in [-0.25, -0.2) is 0 Å². The zero-order valence-electron chi connectivity index (χ0n) is 6.13. The lowest BCUT2D eigenvalue weighted by Gasteiger charge is -1.87. The molecule has 1 aromatic carbocycles. The standard InChI is InChI=1S/C6H5ClS.C2H6/c7-5-2-1-3-6(8)4-5;1-2/h1-4,8H;1-2H3. The number of thiol groups is 1. The van der Waals surface area contributed by atoms with Crippen molar-refractivity contribution in [1.29, 1.82) is 0 Å². The van der Waals surface area contributed by atoms with E-state index in [9.17, 15) is 0 Å². The van der Waals surface area contributed by atoms with Crippen LogP contribution in [0.3, 0.4) is 0 Å². The van der Waals surface area contributed by atoms with Gasteiger partial charge in [-0.1, -0.05) is 31.5 Å². The van der Waals surface area contributed by atoms with E-state index in [0.29, 0.717) is 0 Å². The molecule has 0 aliphatic rings. The van der Waals surface area contributed by atoms with E-state index in [1.165, 1.54) is 0 Å². The molecule has 0 heterocycles. The third-order valence-electron chi connectivity index (χ3n) is 0.808. The van der Waals surface area contributed by atoms with E-state index in [1.54, 1.807) is 6.07 Å². The Morgan fingerprint density at radius 2 is 1.90 bits per heavy atom. The van der Waals surface area contributed by atoms with Crippen LogP contribution >= 0.6 is 24.2 Å². The maximum Gasteiger partial charge on any atom is 0.0417 e. The van der Waals surface area contributed by atoms with Crippen molar-refractivity contribution in [1.82, 2.24) is 0 Å². The van der Waals surface area contributed by atoms with Crippen LogP contribution in [0.1, 0.15) is 13.8 Å². The minimum absolute atomic E-state index is 0.734. The molecule has 10 heavy (non-hydrogen) atoms. The van der Waals surface area contributed by atoms with Crippen molar-refractivity contribution in [2.45, 2.75) is 18.7 Å². The predicted molar refractivity (Wildman–Crippen MR) is 50.1 cm³/mol. The molecule has 0 spiro atoms. The van der Waals surface area contributed by atoms with Gasteiger partial charge in [0.25, 0.3) is 0 Å². The zero-order chi connectivity index (χ0) is 7.98. The summed E-state index contributed by atoms with van der Waals surface area (Å²) in [5.41, 5.74) is 0. The molecule has 1 rings (SSSR count). The van der Waals surface area contributed by atoms with Gasteiger partial charge in [-0.2, -0.15) is 0 Å². The molecular formula is C8H11ClS. The molecule has 0 amide bonds. The van der Waals surface area contributed by atoms with E-state index in [2.05, 4.69) is 12.6 Å². The van der Waals surface area contributed by atoms with Gasteiger partial charge in [0.15, 0.2) is 0 Å². The molecule has 0 radical (unpaired) electrons. The summed E-state index contributed by atoms with van der Waals surface area (Å²) in [6, 6.07) is 7.37. The summed E-state index contributed by atoms with van der Waals surface area (Å²) in [7, 11) is 0. The Bertz CT molecular complexity index is 169. The second-order valence-electron chi connectivity index (χ2n) is 1.48. The molecule has 0 saturated carbocycles. The van der Waals surface area contributed by atoms with E-state index in [1.807, 2.05) is 32.0 Å². The summed E-state index contributed by atoms with van der Waals surface area (Å²) in [6.07, 6.45) is 0. The van der Waals surface area contributed by atoms with E-state index in [4.69, 9.17) is 11.6 Å². The SMILES string of the molecule is CC.Sc1cccc(Cl)c1. The molecule has 0 aromatic heterocycles. The monoisotopic (exact) mass is 174 g/mol. The summed E-state index contributed by atoms with van der Waals surface area (Å²) in [5, 5.41) is 0.734. The van der Waals surface area contributed by atoms with Gasteiger partial charge in [-0.05, 0) is 18.2 Å². The lowest BCUT2D eigenvalue weighted by Crippen LogP contribution is -1.62. The molecule has 0 aliphatic heterocycles. The van der Waals surface area contributed by atoms with E-state index < -0.39 is 0 Å². The first kappa shape index (κ1) is 9.86. The summed E-state index contributed by atoms with van der Waals surface area (Å²) in [6.45, 7) is 4.00. The van der Waals surface area contributed by atoms with E-state index in [-0.39, 0.29) is 0 Å². The van der Waals surface area contributed by atoms with Gasteiger partial charge in [-0.3, -0.25) is 0 Å². The minimum Gasteiger partial charge on any atom is -0.143 e. The molecule has 1 aromatic rings. The molecule has 56 valence electrons. The van der Waals surface area contributed by atoms with Crippen LogP contribution in [0.2, 0.25) is 5.02 Å². The lowest BCUT2D eigenvalue weighted by molar-refractivity contribution is 1.48. The van der Waals surface area contributed by atoms with Crippen molar-refractivity contribution >= 4 is 24.2 Å². The third-order valence-corrected chi connectivity index (χ3v) is 1.32. The first-order chi connectivity index (χ1) is 4.79. The molecular weight excluding hydrogens is 164 g/mol. The van der Waals surface area contributed by atoms with Crippen molar-refractivity contribution in [3.8, 4) is 0 Å². The normalized spacial score (nSPS) is 8.00. The zero-order valence-corrected chi connectivity index (χ0v) is 7.78. The van der Waals surface area contributed by atoms with Gasteiger partial charge in [0.1, 0.15) is 0 Å². The Morgan fingerprint density at radius 3 is 2.20 bits per heavy atom. The molecule has 0 atom stereocenters. The average molecular weight is 175 g/mol. The fraction of sp³-hybridized carbons (Fsp3) is 0.250. The lowest BCUT2D eigenvalue weighted by atomic mass is 10.4. The number of hydrogen-bond donors (Lipinski definition) is 1. The summed E-state index contributed by atoms with van der Waals surface area (Å²) in [4.78, 5) is 0.900.